The van der Waals surface area contributed by atoms with Gasteiger partial charge in [0.05, 0.1) is 24.0 Å². The van der Waals surface area contributed by atoms with Crippen LogP contribution in [0, 0.1) is 5.82 Å². The van der Waals surface area contributed by atoms with E-state index in [1.807, 2.05) is 0 Å². The summed E-state index contributed by atoms with van der Waals surface area (Å²) in [6, 6.07) is 2.39. The number of hydrogen-bond acceptors (Lipinski definition) is 4. The van der Waals surface area contributed by atoms with E-state index in [1.54, 1.807) is 13.0 Å². The average Bonchev–Trinajstić information content (AvgIpc) is 3.31. The molecule has 1 aliphatic carbocycles. The molecule has 0 spiro atoms. The zero-order valence-electron chi connectivity index (χ0n) is 13.2. The van der Waals surface area contributed by atoms with Crippen molar-refractivity contribution in [3.63, 3.8) is 0 Å². The van der Waals surface area contributed by atoms with Crippen LogP contribution in [0.25, 0.3) is 0 Å². The number of amides is 2. The summed E-state index contributed by atoms with van der Waals surface area (Å²) in [6.07, 6.45) is 3.33. The van der Waals surface area contributed by atoms with E-state index in [0.717, 1.165) is 0 Å². The van der Waals surface area contributed by atoms with Gasteiger partial charge in [-0.3, -0.25) is 5.32 Å². The van der Waals surface area contributed by atoms with Crippen molar-refractivity contribution in [2.24, 2.45) is 0 Å². The van der Waals surface area contributed by atoms with E-state index >= 15 is 0 Å². The molecule has 25 heavy (non-hydrogen) atoms. The molecule has 1 fully saturated rings. The van der Waals surface area contributed by atoms with E-state index in [9.17, 15) is 9.18 Å². The summed E-state index contributed by atoms with van der Waals surface area (Å²) < 4.78 is 19.8. The molecule has 1 aromatic heterocycles. The lowest BCUT2D eigenvalue weighted by atomic mass is 10.1. The van der Waals surface area contributed by atoms with Gasteiger partial charge in [0, 0.05) is 22.5 Å². The average molecular weight is 385 g/mol. The maximum atomic E-state index is 14.5. The molecule has 2 atom stereocenters. The van der Waals surface area contributed by atoms with Crippen LogP contribution in [-0.4, -0.2) is 28.6 Å². The van der Waals surface area contributed by atoms with Crippen LogP contribution in [0.3, 0.4) is 0 Å². The van der Waals surface area contributed by atoms with Gasteiger partial charge in [-0.15, -0.1) is 0 Å². The first kappa shape index (κ1) is 17.7. The number of rotatable bonds is 5. The predicted octanol–water partition coefficient (Wildman–Crippen LogP) is 4.00. The quantitative estimate of drug-likeness (QED) is 0.816. The van der Waals surface area contributed by atoms with E-state index in [-0.39, 0.29) is 23.7 Å². The summed E-state index contributed by atoms with van der Waals surface area (Å²) in [5, 5.41) is 5.92. The zero-order chi connectivity index (χ0) is 18.0. The van der Waals surface area contributed by atoms with Crippen LogP contribution in [0.1, 0.15) is 24.8 Å². The number of nitrogens with one attached hydrogen (secondary N) is 2. The largest absolute Gasteiger partial charge is 0.491 e. The highest BCUT2D eigenvalue weighted by molar-refractivity contribution is 6.31. The van der Waals surface area contributed by atoms with Crippen molar-refractivity contribution in [1.29, 1.82) is 0 Å². The Hall–Kier alpha value is -2.12. The lowest BCUT2D eigenvalue weighted by Crippen LogP contribution is -2.32. The zero-order valence-corrected chi connectivity index (χ0v) is 14.7. The van der Waals surface area contributed by atoms with Crippen molar-refractivity contribution < 1.29 is 13.9 Å². The Morgan fingerprint density at radius 2 is 2.08 bits per heavy atom. The molecule has 1 saturated carbocycles. The van der Waals surface area contributed by atoms with Crippen LogP contribution < -0.4 is 15.4 Å². The molecule has 132 valence electrons. The minimum absolute atomic E-state index is 0.127. The SMILES string of the molecule is CCOc1ccc(Cl)c([C@H]2C[C@H]2NC(=O)Nc2ncc(Cl)cn2)c1F. The molecule has 0 saturated heterocycles. The summed E-state index contributed by atoms with van der Waals surface area (Å²) in [4.78, 5) is 19.7. The first-order valence-corrected chi connectivity index (χ1v) is 8.41. The molecule has 3 rings (SSSR count). The number of urea groups is 1. The van der Waals surface area contributed by atoms with Crippen molar-refractivity contribution in [3.8, 4) is 5.75 Å². The lowest BCUT2D eigenvalue weighted by Gasteiger charge is -2.11. The first-order valence-electron chi connectivity index (χ1n) is 7.65. The maximum Gasteiger partial charge on any atom is 0.321 e. The second-order valence-electron chi connectivity index (χ2n) is 5.48. The molecule has 0 unspecified atom stereocenters. The normalized spacial score (nSPS) is 18.6. The monoisotopic (exact) mass is 384 g/mol. The fourth-order valence-electron chi connectivity index (χ4n) is 2.51. The van der Waals surface area contributed by atoms with E-state index in [0.29, 0.717) is 28.6 Å². The smallest absolute Gasteiger partial charge is 0.321 e. The van der Waals surface area contributed by atoms with E-state index in [1.165, 1.54) is 18.5 Å². The van der Waals surface area contributed by atoms with Gasteiger partial charge >= 0.3 is 6.03 Å². The number of carbonyl (C=O) groups excluding carboxylic acids is 1. The Kier molecular flexibility index (Phi) is 5.24. The molecule has 1 aromatic carbocycles. The van der Waals surface area contributed by atoms with Crippen molar-refractivity contribution >= 4 is 35.2 Å². The van der Waals surface area contributed by atoms with Crippen LogP contribution in [0.5, 0.6) is 5.75 Å². The molecule has 6 nitrogen and oxygen atoms in total. The molecule has 9 heteroatoms. The fraction of sp³-hybridized carbons (Fsp3) is 0.312. The predicted molar refractivity (Wildman–Crippen MR) is 92.9 cm³/mol. The van der Waals surface area contributed by atoms with Gasteiger partial charge in [0.2, 0.25) is 5.95 Å². The number of anilines is 1. The Morgan fingerprint density at radius 1 is 1.36 bits per heavy atom. The molecule has 1 heterocycles. The minimum atomic E-state index is -0.481. The topological polar surface area (TPSA) is 76.1 Å². The molecule has 2 N–H and O–H groups in total. The molecule has 2 aromatic rings. The van der Waals surface area contributed by atoms with Crippen molar-refractivity contribution in [3.05, 3.63) is 46.0 Å². The summed E-state index contributed by atoms with van der Waals surface area (Å²) in [7, 11) is 0. The lowest BCUT2D eigenvalue weighted by molar-refractivity contribution is 0.251. The third kappa shape index (κ3) is 4.11. The maximum absolute atomic E-state index is 14.5. The van der Waals surface area contributed by atoms with Crippen LogP contribution in [0.15, 0.2) is 24.5 Å². The Morgan fingerprint density at radius 3 is 2.76 bits per heavy atom. The van der Waals surface area contributed by atoms with Gasteiger partial charge in [-0.05, 0) is 25.5 Å². The number of ether oxygens (including phenoxy) is 1. The van der Waals surface area contributed by atoms with Crippen molar-refractivity contribution in [2.75, 3.05) is 11.9 Å². The van der Waals surface area contributed by atoms with Crippen molar-refractivity contribution in [2.45, 2.75) is 25.3 Å². The molecular formula is C16H15Cl2FN4O2. The Balaban J connectivity index is 1.64. The van der Waals surface area contributed by atoms with Gasteiger partial charge in [0.1, 0.15) is 0 Å². The summed E-state index contributed by atoms with van der Waals surface area (Å²) in [5.41, 5.74) is 0.362. The Bertz CT molecular complexity index is 788. The third-order valence-corrected chi connectivity index (χ3v) is 4.24. The molecule has 2 amide bonds. The van der Waals surface area contributed by atoms with Gasteiger partial charge in [0.25, 0.3) is 0 Å². The van der Waals surface area contributed by atoms with Crippen molar-refractivity contribution in [1.82, 2.24) is 15.3 Å². The van der Waals surface area contributed by atoms with Gasteiger partial charge in [-0.25, -0.2) is 19.2 Å². The molecule has 0 bridgehead atoms. The van der Waals surface area contributed by atoms with Gasteiger partial charge in [-0.2, -0.15) is 0 Å². The second kappa shape index (κ2) is 7.41. The highest BCUT2D eigenvalue weighted by Crippen LogP contribution is 2.46. The van der Waals surface area contributed by atoms with Crippen LogP contribution in [-0.2, 0) is 0 Å². The van der Waals surface area contributed by atoms with Crippen LogP contribution >= 0.6 is 23.2 Å². The summed E-state index contributed by atoms with van der Waals surface area (Å²) in [5.74, 6) is -0.400. The van der Waals surface area contributed by atoms with Crippen LogP contribution in [0.4, 0.5) is 15.1 Å². The van der Waals surface area contributed by atoms with Gasteiger partial charge in [-0.1, -0.05) is 23.2 Å². The highest BCUT2D eigenvalue weighted by atomic mass is 35.5. The highest BCUT2D eigenvalue weighted by Gasteiger charge is 2.43. The summed E-state index contributed by atoms with van der Waals surface area (Å²) >= 11 is 11.8. The van der Waals surface area contributed by atoms with Gasteiger partial charge in [0.15, 0.2) is 11.6 Å². The summed E-state index contributed by atoms with van der Waals surface area (Å²) in [6.45, 7) is 2.13. The number of hydrogen-bond donors (Lipinski definition) is 2. The number of carbonyl (C=O) groups is 1. The number of nitrogens with zero attached hydrogens (tertiary/aromatic N) is 2. The third-order valence-electron chi connectivity index (χ3n) is 3.71. The standard InChI is InChI=1S/C16H15Cl2FN4O2/c1-2-25-12-4-3-10(18)13(14(12)19)9-5-11(9)22-16(24)23-15-20-6-8(17)7-21-15/h3-4,6-7,9,11H,2,5H2,1H3,(H2,20,21,22,23,24)/t9-,11+/m0/s1. The number of aromatic nitrogens is 2. The molecular weight excluding hydrogens is 370 g/mol. The molecule has 0 radical (unpaired) electrons. The Labute approximate surface area is 153 Å². The number of halogens is 3. The molecule has 0 aliphatic heterocycles. The van der Waals surface area contributed by atoms with Crippen LogP contribution in [0.2, 0.25) is 10.0 Å². The number of benzene rings is 1. The molecule has 1 aliphatic rings. The minimum Gasteiger partial charge on any atom is -0.491 e. The van der Waals surface area contributed by atoms with Gasteiger partial charge < -0.3 is 10.1 Å². The fourth-order valence-corrected chi connectivity index (χ4v) is 2.90. The second-order valence-corrected chi connectivity index (χ2v) is 6.32. The van der Waals surface area contributed by atoms with E-state index < -0.39 is 11.8 Å². The van der Waals surface area contributed by atoms with E-state index in [2.05, 4.69) is 20.6 Å². The first-order chi connectivity index (χ1) is 12.0. The van der Waals surface area contributed by atoms with E-state index in [4.69, 9.17) is 27.9 Å².